The molecule has 0 atom stereocenters. The standard InChI is InChI=1S/C17H14N4O5S2.C15H12N2O2S.CH5NO2S.H3N/c1-2-21-17(24)13(15(23)14(19-21)11-4-3-7-27-11)16-18-10-6-5-9(22)8-12(10)28(25,26)20-16;18-12-9-14(19)17(10-11-5-2-1-3-6-11)16-15(12)13-7-4-8-20-13;1-5(2,3)4;/h3-8,22-23H,2H2,1H3,(H,18,20);1-9,18H,10H2;1H3,(H2,2,3,4);1H3. The number of hydrogen-bond acceptors (Lipinski definition) is 15. The van der Waals surface area contributed by atoms with Crippen LogP contribution in [0.4, 0.5) is 5.69 Å². The smallest absolute Gasteiger partial charge is 0.286 e. The van der Waals surface area contributed by atoms with E-state index in [1.807, 2.05) is 47.8 Å². The first kappa shape index (κ1) is 41.1. The minimum atomic E-state index is -4.19. The van der Waals surface area contributed by atoms with Crippen molar-refractivity contribution < 1.29 is 32.2 Å². The van der Waals surface area contributed by atoms with Gasteiger partial charge in [0.2, 0.25) is 10.0 Å². The minimum absolute atomic E-state index is 0. The molecule has 0 fully saturated rings. The third kappa shape index (κ3) is 9.83. The number of hydrogen-bond donors (Lipinski definition) is 6. The van der Waals surface area contributed by atoms with Crippen LogP contribution in [0.5, 0.6) is 17.2 Å². The van der Waals surface area contributed by atoms with E-state index in [0.29, 0.717) is 17.1 Å². The molecule has 17 nitrogen and oxygen atoms in total. The van der Waals surface area contributed by atoms with Gasteiger partial charge in [-0.1, -0.05) is 42.5 Å². The van der Waals surface area contributed by atoms with Crippen molar-refractivity contribution in [3.63, 3.8) is 0 Å². The molecule has 0 spiro atoms. The third-order valence-electron chi connectivity index (χ3n) is 7.04. The predicted octanol–water partition coefficient (Wildman–Crippen LogP) is 3.76. The second-order valence-electron chi connectivity index (χ2n) is 11.1. The number of aromatic nitrogens is 4. The van der Waals surface area contributed by atoms with E-state index in [0.717, 1.165) is 27.4 Å². The molecule has 0 aliphatic carbocycles. The van der Waals surface area contributed by atoms with E-state index in [1.165, 1.54) is 45.6 Å². The van der Waals surface area contributed by atoms with E-state index in [1.54, 1.807) is 24.4 Å². The topological polar surface area (TPSA) is 284 Å². The maximum absolute atomic E-state index is 12.8. The molecule has 2 aromatic carbocycles. The molecular weight excluding hydrogens is 781 g/mol. The fourth-order valence-corrected chi connectivity index (χ4v) is 7.33. The van der Waals surface area contributed by atoms with Gasteiger partial charge in [0.25, 0.3) is 21.1 Å². The number of rotatable bonds is 6. The van der Waals surface area contributed by atoms with E-state index in [4.69, 9.17) is 0 Å². The molecule has 21 heteroatoms. The predicted molar refractivity (Wildman–Crippen MR) is 208 cm³/mol. The first-order chi connectivity index (χ1) is 25.1. The zero-order valence-corrected chi connectivity index (χ0v) is 31.8. The van der Waals surface area contributed by atoms with E-state index >= 15 is 0 Å². The van der Waals surface area contributed by atoms with Crippen LogP contribution in [0, 0.1) is 0 Å². The number of phenols is 1. The second-order valence-corrected chi connectivity index (χ2v) is 16.2. The zero-order chi connectivity index (χ0) is 38.5. The van der Waals surface area contributed by atoms with Crippen LogP contribution in [0.25, 0.3) is 21.1 Å². The van der Waals surface area contributed by atoms with E-state index < -0.39 is 31.4 Å². The Bertz CT molecular complexity index is 2620. The normalized spacial score (nSPS) is 12.7. The molecule has 1 aliphatic heterocycles. The lowest BCUT2D eigenvalue weighted by Gasteiger charge is -2.19. The fraction of sp³-hybridized carbons (Fsp3) is 0.121. The summed E-state index contributed by atoms with van der Waals surface area (Å²) < 4.78 is 50.1. The average Bonchev–Trinajstić information content (AvgIpc) is 3.82. The summed E-state index contributed by atoms with van der Waals surface area (Å²) in [4.78, 5) is 25.9. The second kappa shape index (κ2) is 17.0. The first-order valence-electron chi connectivity index (χ1n) is 15.3. The molecule has 6 aromatic rings. The third-order valence-corrected chi connectivity index (χ3v) is 10.1. The van der Waals surface area contributed by atoms with Crippen LogP contribution < -0.4 is 27.7 Å². The number of nitrogens with two attached hydrogens (primary N) is 1. The van der Waals surface area contributed by atoms with Crippen LogP contribution in [0.15, 0.2) is 109 Å². The molecule has 0 saturated heterocycles. The number of thiophene rings is 2. The Balaban J connectivity index is 0.000000219. The van der Waals surface area contributed by atoms with Crippen molar-refractivity contribution in [1.82, 2.24) is 25.7 Å². The van der Waals surface area contributed by atoms with Crippen LogP contribution in [-0.4, -0.2) is 63.8 Å². The summed E-state index contributed by atoms with van der Waals surface area (Å²) in [6, 6.07) is 21.8. The molecule has 284 valence electrons. The molecule has 1 aliphatic rings. The Labute approximate surface area is 316 Å². The number of benzene rings is 2. The molecule has 9 N–H and O–H groups in total. The van der Waals surface area contributed by atoms with Crippen molar-refractivity contribution in [2.45, 2.75) is 24.9 Å². The summed E-state index contributed by atoms with van der Waals surface area (Å²) in [6.45, 7) is 2.31. The molecule has 4 aromatic heterocycles. The van der Waals surface area contributed by atoms with Crippen LogP contribution in [-0.2, 0) is 33.1 Å². The fourth-order valence-electron chi connectivity index (χ4n) is 4.76. The minimum Gasteiger partial charge on any atom is -0.508 e. The lowest BCUT2D eigenvalue weighted by molar-refractivity contribution is 0.463. The van der Waals surface area contributed by atoms with Gasteiger partial charge >= 0.3 is 0 Å². The molecule has 0 unspecified atom stereocenters. The Morgan fingerprint density at radius 2 is 1.44 bits per heavy atom. The first-order valence-corrected chi connectivity index (χ1v) is 20.4. The molecule has 0 radical (unpaired) electrons. The zero-order valence-electron chi connectivity index (χ0n) is 28.5. The lowest BCUT2D eigenvalue weighted by atomic mass is 10.1. The number of sulfonamides is 2. The van der Waals surface area contributed by atoms with Gasteiger partial charge in [-0.2, -0.15) is 18.6 Å². The van der Waals surface area contributed by atoms with E-state index in [2.05, 4.69) is 25.1 Å². The Kier molecular flexibility index (Phi) is 12.9. The molecule has 54 heavy (non-hydrogen) atoms. The van der Waals surface area contributed by atoms with Gasteiger partial charge in [-0.05, 0) is 47.5 Å². The van der Waals surface area contributed by atoms with Crippen molar-refractivity contribution >= 4 is 54.2 Å². The molecule has 0 bridgehead atoms. The quantitative estimate of drug-likeness (QED) is 0.131. The van der Waals surface area contributed by atoms with Gasteiger partial charge in [-0.15, -0.1) is 27.1 Å². The molecular formula is C33H34N8O9S4. The van der Waals surface area contributed by atoms with Gasteiger partial charge in [0.1, 0.15) is 33.3 Å². The van der Waals surface area contributed by atoms with Crippen molar-refractivity contribution in [1.29, 1.82) is 0 Å². The number of nitrogens with one attached hydrogen (secondary N) is 1. The van der Waals surface area contributed by atoms with Crippen LogP contribution in [0.2, 0.25) is 0 Å². The largest absolute Gasteiger partial charge is 0.508 e. The maximum Gasteiger partial charge on any atom is 0.286 e. The highest BCUT2D eigenvalue weighted by Gasteiger charge is 2.31. The van der Waals surface area contributed by atoms with Gasteiger partial charge in [-0.3, -0.25) is 9.59 Å². The summed E-state index contributed by atoms with van der Waals surface area (Å²) in [5, 5.41) is 49.4. The number of phenolic OH excluding ortho intramolecular Hbond substituents is 1. The van der Waals surface area contributed by atoms with Crippen LogP contribution >= 0.6 is 22.7 Å². The summed E-state index contributed by atoms with van der Waals surface area (Å²) in [5.41, 5.74) is 0.447. The maximum atomic E-state index is 12.8. The number of primary sulfonamides is 1. The van der Waals surface area contributed by atoms with Gasteiger partial charge in [0.15, 0.2) is 11.6 Å². The van der Waals surface area contributed by atoms with Gasteiger partial charge < -0.3 is 26.8 Å². The number of amidine groups is 1. The van der Waals surface area contributed by atoms with Crippen molar-refractivity contribution in [2.75, 3.05) is 11.6 Å². The number of fused-ring (bicyclic) bond motifs is 1. The number of nitrogens with zero attached hydrogens (tertiary/aromatic N) is 5. The molecule has 5 heterocycles. The van der Waals surface area contributed by atoms with Crippen LogP contribution in [0.3, 0.4) is 0 Å². The Morgan fingerprint density at radius 3 is 2.02 bits per heavy atom. The number of aryl methyl sites for hydroxylation is 1. The summed E-state index contributed by atoms with van der Waals surface area (Å²) in [5.74, 6) is -1.08. The monoisotopic (exact) mass is 814 g/mol. The summed E-state index contributed by atoms with van der Waals surface area (Å²) in [6.07, 6.45) is 0.938. The summed E-state index contributed by atoms with van der Waals surface area (Å²) in [7, 11) is -7.36. The molecule has 0 saturated carbocycles. The van der Waals surface area contributed by atoms with Crippen LogP contribution in [0.1, 0.15) is 18.1 Å². The highest BCUT2D eigenvalue weighted by molar-refractivity contribution is 7.90. The van der Waals surface area contributed by atoms with Crippen molar-refractivity contribution in [2.24, 2.45) is 9.54 Å². The number of aromatic hydroxyl groups is 3. The highest BCUT2D eigenvalue weighted by Crippen LogP contribution is 2.35. The van der Waals surface area contributed by atoms with Crippen molar-refractivity contribution in [3.05, 3.63) is 121 Å². The van der Waals surface area contributed by atoms with Gasteiger partial charge in [-0.25, -0.2) is 22.9 Å². The van der Waals surface area contributed by atoms with E-state index in [-0.39, 0.29) is 57.4 Å². The Morgan fingerprint density at radius 1 is 0.852 bits per heavy atom. The SMILES string of the molecule is CCn1nc(-c2cccs2)c(O)c(C2=NS(=O)(=O)c3cc(O)ccc3N2)c1=O.CS(N)(=O)=O.N.O=c1cc(O)c(-c2cccs2)nn1Cc1ccccc1. The summed E-state index contributed by atoms with van der Waals surface area (Å²) >= 11 is 2.79. The Hall–Kier alpha value is -5.71. The van der Waals surface area contributed by atoms with E-state index in [9.17, 15) is 41.7 Å². The molecule has 0 amide bonds. The highest BCUT2D eigenvalue weighted by atomic mass is 32.2. The lowest BCUT2D eigenvalue weighted by Crippen LogP contribution is -2.33. The number of anilines is 1. The average molecular weight is 815 g/mol. The van der Waals surface area contributed by atoms with Gasteiger partial charge in [0, 0.05) is 18.7 Å². The van der Waals surface area contributed by atoms with Gasteiger partial charge in [0.05, 0.1) is 28.2 Å². The molecule has 7 rings (SSSR count). The van der Waals surface area contributed by atoms with Crippen molar-refractivity contribution in [3.8, 4) is 38.4 Å².